The predicted molar refractivity (Wildman–Crippen MR) is 111 cm³/mol. The van der Waals surface area contributed by atoms with E-state index < -0.39 is 0 Å². The highest BCUT2D eigenvalue weighted by Crippen LogP contribution is 2.26. The topological polar surface area (TPSA) is 55.6 Å². The lowest BCUT2D eigenvalue weighted by atomic mass is 10.2. The van der Waals surface area contributed by atoms with Gasteiger partial charge in [-0.25, -0.2) is 15.0 Å². The number of hydrogen-bond acceptors (Lipinski definition) is 4. The number of hydrogen-bond donors (Lipinski definition) is 1. The fourth-order valence-electron chi connectivity index (χ4n) is 2.90. The number of nitrogens with zero attached hydrogens (tertiary/aromatic N) is 4. The van der Waals surface area contributed by atoms with Gasteiger partial charge in [0.15, 0.2) is 0 Å². The number of rotatable bonds is 4. The van der Waals surface area contributed by atoms with Gasteiger partial charge in [0, 0.05) is 33.3 Å². The largest absolute Gasteiger partial charge is 0.294 e. The van der Waals surface area contributed by atoms with Gasteiger partial charge < -0.3 is 0 Å². The van der Waals surface area contributed by atoms with Gasteiger partial charge in [0.2, 0.25) is 11.9 Å². The summed E-state index contributed by atoms with van der Waals surface area (Å²) in [6, 6.07) is 20.1. The van der Waals surface area contributed by atoms with Crippen molar-refractivity contribution in [2.75, 3.05) is 5.32 Å². The van der Waals surface area contributed by atoms with Crippen LogP contribution in [0.25, 0.3) is 16.9 Å². The summed E-state index contributed by atoms with van der Waals surface area (Å²) < 4.78 is 3.05. The molecule has 0 unspecified atom stereocenters. The molecule has 0 aliphatic carbocycles. The Labute approximate surface area is 166 Å². The average Bonchev–Trinajstić information content (AvgIpc) is 3.06. The van der Waals surface area contributed by atoms with Crippen molar-refractivity contribution in [3.8, 4) is 16.9 Å². The van der Waals surface area contributed by atoms with E-state index in [0.29, 0.717) is 11.9 Å². The summed E-state index contributed by atoms with van der Waals surface area (Å²) in [6.45, 7) is 3.91. The van der Waals surface area contributed by atoms with E-state index in [9.17, 15) is 0 Å². The first kappa shape index (κ1) is 17.4. The van der Waals surface area contributed by atoms with Crippen LogP contribution in [0.1, 0.15) is 11.4 Å². The Morgan fingerprint density at radius 3 is 2.19 bits per heavy atom. The third-order valence-corrected chi connectivity index (χ3v) is 4.61. The molecule has 0 spiro atoms. The minimum atomic E-state index is 0.539. The predicted octanol–water partition coefficient (Wildman–Crippen LogP) is 5.45. The van der Waals surface area contributed by atoms with Crippen LogP contribution in [-0.4, -0.2) is 19.5 Å². The van der Waals surface area contributed by atoms with Gasteiger partial charge in [-0.2, -0.15) is 0 Å². The van der Waals surface area contributed by atoms with Crippen LogP contribution >= 0.6 is 15.9 Å². The summed E-state index contributed by atoms with van der Waals surface area (Å²) in [7, 11) is 0. The zero-order valence-electron chi connectivity index (χ0n) is 15.0. The molecule has 4 rings (SSSR count). The Hall–Kier alpha value is -2.99. The van der Waals surface area contributed by atoms with Gasteiger partial charge in [-0.3, -0.25) is 9.88 Å². The summed E-state index contributed by atoms with van der Waals surface area (Å²) >= 11 is 3.48. The van der Waals surface area contributed by atoms with Gasteiger partial charge in [-0.1, -0.05) is 46.3 Å². The molecule has 0 saturated heterocycles. The number of anilines is 2. The smallest absolute Gasteiger partial charge is 0.229 e. The lowest BCUT2D eigenvalue weighted by molar-refractivity contribution is 1.02. The lowest BCUT2D eigenvalue weighted by Crippen LogP contribution is -2.05. The van der Waals surface area contributed by atoms with Crippen molar-refractivity contribution in [2.45, 2.75) is 13.8 Å². The first-order valence-corrected chi connectivity index (χ1v) is 9.38. The van der Waals surface area contributed by atoms with E-state index in [2.05, 4.69) is 31.2 Å². The molecular formula is C21H18BrN5. The molecule has 0 aliphatic rings. The molecule has 2 aromatic carbocycles. The maximum Gasteiger partial charge on any atom is 0.229 e. The number of para-hydroxylation sites is 1. The highest BCUT2D eigenvalue weighted by molar-refractivity contribution is 9.10. The van der Waals surface area contributed by atoms with E-state index in [0.717, 1.165) is 32.8 Å². The molecule has 0 saturated carbocycles. The molecular weight excluding hydrogens is 402 g/mol. The van der Waals surface area contributed by atoms with Crippen molar-refractivity contribution in [3.63, 3.8) is 0 Å². The fourth-order valence-corrected chi connectivity index (χ4v) is 3.16. The Morgan fingerprint density at radius 1 is 0.852 bits per heavy atom. The van der Waals surface area contributed by atoms with Crippen molar-refractivity contribution in [2.24, 2.45) is 0 Å². The Bertz CT molecular complexity index is 1050. The van der Waals surface area contributed by atoms with Crippen molar-refractivity contribution < 1.29 is 0 Å². The maximum atomic E-state index is 4.80. The normalized spacial score (nSPS) is 10.8. The zero-order valence-corrected chi connectivity index (χ0v) is 16.6. The molecule has 2 heterocycles. The van der Waals surface area contributed by atoms with E-state index in [1.165, 1.54) is 0 Å². The lowest BCUT2D eigenvalue weighted by Gasteiger charge is -2.09. The van der Waals surface area contributed by atoms with Crippen LogP contribution in [0.4, 0.5) is 11.9 Å². The van der Waals surface area contributed by atoms with Crippen LogP contribution < -0.4 is 5.32 Å². The minimum absolute atomic E-state index is 0.539. The number of aryl methyl sites for hydroxylation is 2. The zero-order chi connectivity index (χ0) is 18.8. The fraction of sp³-hybridized carbons (Fsp3) is 0.0952. The second kappa shape index (κ2) is 7.32. The highest BCUT2D eigenvalue weighted by atomic mass is 79.9. The standard InChI is InChI=1S/C21H18BrN5/c1-14-12-15(2)24-20(23-14)26-21-25-19(16-8-10-17(22)11-9-16)13-27(21)18-6-4-3-5-7-18/h3-13H,1-2H3,(H,23,24,25,26). The summed E-state index contributed by atoms with van der Waals surface area (Å²) in [5.41, 5.74) is 4.75. The van der Waals surface area contributed by atoms with Gasteiger partial charge in [-0.15, -0.1) is 0 Å². The van der Waals surface area contributed by atoms with E-state index in [1.54, 1.807) is 0 Å². The summed E-state index contributed by atoms with van der Waals surface area (Å²) in [5.74, 6) is 1.21. The van der Waals surface area contributed by atoms with Crippen LogP contribution in [-0.2, 0) is 0 Å². The van der Waals surface area contributed by atoms with E-state index in [1.807, 2.05) is 85.3 Å². The Kier molecular flexibility index (Phi) is 4.73. The first-order valence-electron chi connectivity index (χ1n) is 8.58. The third kappa shape index (κ3) is 3.90. The van der Waals surface area contributed by atoms with Crippen LogP contribution in [0, 0.1) is 13.8 Å². The van der Waals surface area contributed by atoms with Crippen molar-refractivity contribution in [1.29, 1.82) is 0 Å². The number of halogens is 1. The number of imidazole rings is 1. The second-order valence-electron chi connectivity index (χ2n) is 6.26. The van der Waals surface area contributed by atoms with E-state index >= 15 is 0 Å². The summed E-state index contributed by atoms with van der Waals surface area (Å²) in [6.07, 6.45) is 2.02. The van der Waals surface area contributed by atoms with Gasteiger partial charge >= 0.3 is 0 Å². The number of aromatic nitrogens is 4. The molecule has 0 aliphatic heterocycles. The van der Waals surface area contributed by atoms with Crippen molar-refractivity contribution >= 4 is 27.8 Å². The first-order chi connectivity index (χ1) is 13.1. The van der Waals surface area contributed by atoms with Crippen LogP contribution in [0.2, 0.25) is 0 Å². The molecule has 27 heavy (non-hydrogen) atoms. The molecule has 1 N–H and O–H groups in total. The van der Waals surface area contributed by atoms with Crippen molar-refractivity contribution in [3.05, 3.63) is 82.7 Å². The molecule has 134 valence electrons. The minimum Gasteiger partial charge on any atom is -0.294 e. The molecule has 0 fully saturated rings. The molecule has 2 aromatic heterocycles. The SMILES string of the molecule is Cc1cc(C)nc(Nc2nc(-c3ccc(Br)cc3)cn2-c2ccccc2)n1. The highest BCUT2D eigenvalue weighted by Gasteiger charge is 2.13. The quantitative estimate of drug-likeness (QED) is 0.477. The number of benzene rings is 2. The van der Waals surface area contributed by atoms with Gasteiger partial charge in [0.05, 0.1) is 5.69 Å². The molecule has 0 atom stereocenters. The van der Waals surface area contributed by atoms with Crippen LogP contribution in [0.5, 0.6) is 0 Å². The molecule has 5 nitrogen and oxygen atoms in total. The van der Waals surface area contributed by atoms with E-state index in [4.69, 9.17) is 4.98 Å². The molecule has 0 amide bonds. The molecule has 4 aromatic rings. The monoisotopic (exact) mass is 419 g/mol. The van der Waals surface area contributed by atoms with E-state index in [-0.39, 0.29) is 0 Å². The molecule has 0 bridgehead atoms. The van der Waals surface area contributed by atoms with Crippen molar-refractivity contribution in [1.82, 2.24) is 19.5 Å². The van der Waals surface area contributed by atoms with Gasteiger partial charge in [0.25, 0.3) is 0 Å². The number of nitrogens with one attached hydrogen (secondary N) is 1. The summed E-state index contributed by atoms with van der Waals surface area (Å²) in [4.78, 5) is 13.7. The molecule has 0 radical (unpaired) electrons. The second-order valence-corrected chi connectivity index (χ2v) is 7.18. The summed E-state index contributed by atoms with van der Waals surface area (Å²) in [5, 5.41) is 3.27. The average molecular weight is 420 g/mol. The van der Waals surface area contributed by atoms with Crippen LogP contribution in [0.3, 0.4) is 0 Å². The van der Waals surface area contributed by atoms with Gasteiger partial charge in [0.1, 0.15) is 0 Å². The molecule has 6 heteroatoms. The Balaban J connectivity index is 1.79. The van der Waals surface area contributed by atoms with Crippen LogP contribution in [0.15, 0.2) is 71.3 Å². The third-order valence-electron chi connectivity index (χ3n) is 4.09. The Morgan fingerprint density at radius 2 is 1.52 bits per heavy atom. The van der Waals surface area contributed by atoms with Gasteiger partial charge in [-0.05, 0) is 44.2 Å². The maximum absolute atomic E-state index is 4.80.